The smallest absolute Gasteiger partial charge is 0.307 e. The van der Waals surface area contributed by atoms with E-state index in [0.717, 1.165) is 0 Å². The SMILES string of the molecule is CCOC(=O)CC(C)N(C)C1CCSC1. The Balaban J connectivity index is 2.31. The van der Waals surface area contributed by atoms with Gasteiger partial charge in [0.1, 0.15) is 0 Å². The van der Waals surface area contributed by atoms with Gasteiger partial charge in [0.25, 0.3) is 0 Å². The molecule has 0 saturated carbocycles. The summed E-state index contributed by atoms with van der Waals surface area (Å²) in [5, 5.41) is 0. The van der Waals surface area contributed by atoms with E-state index in [2.05, 4.69) is 18.9 Å². The van der Waals surface area contributed by atoms with E-state index in [1.165, 1.54) is 17.9 Å². The molecular weight excluding hydrogens is 210 g/mol. The summed E-state index contributed by atoms with van der Waals surface area (Å²) in [5.74, 6) is 2.37. The monoisotopic (exact) mass is 231 g/mol. The van der Waals surface area contributed by atoms with Crippen molar-refractivity contribution in [2.45, 2.75) is 38.8 Å². The normalized spacial score (nSPS) is 23.1. The number of hydrogen-bond donors (Lipinski definition) is 0. The number of carbonyl (C=O) groups is 1. The van der Waals surface area contributed by atoms with Crippen LogP contribution in [0.15, 0.2) is 0 Å². The van der Waals surface area contributed by atoms with Crippen LogP contribution in [0.4, 0.5) is 0 Å². The molecule has 0 aromatic rings. The number of nitrogens with zero attached hydrogens (tertiary/aromatic N) is 1. The Hall–Kier alpha value is -0.220. The standard InChI is InChI=1S/C11H21NO2S/c1-4-14-11(13)7-9(2)12(3)10-5-6-15-8-10/h9-10H,4-8H2,1-3H3. The summed E-state index contributed by atoms with van der Waals surface area (Å²) < 4.78 is 4.95. The van der Waals surface area contributed by atoms with Crippen LogP contribution in [-0.4, -0.2) is 48.1 Å². The van der Waals surface area contributed by atoms with Gasteiger partial charge in [0, 0.05) is 17.8 Å². The average Bonchev–Trinajstić information content (AvgIpc) is 2.69. The molecule has 1 aliphatic heterocycles. The molecule has 0 aromatic carbocycles. The van der Waals surface area contributed by atoms with E-state index in [1.807, 2.05) is 18.7 Å². The summed E-state index contributed by atoms with van der Waals surface area (Å²) in [6, 6.07) is 0.923. The number of thioether (sulfide) groups is 1. The molecule has 0 radical (unpaired) electrons. The van der Waals surface area contributed by atoms with Gasteiger partial charge in [0.05, 0.1) is 13.0 Å². The first-order valence-electron chi connectivity index (χ1n) is 5.60. The van der Waals surface area contributed by atoms with Gasteiger partial charge >= 0.3 is 5.97 Å². The van der Waals surface area contributed by atoms with Gasteiger partial charge in [-0.1, -0.05) is 0 Å². The quantitative estimate of drug-likeness (QED) is 0.674. The molecule has 2 atom stereocenters. The lowest BCUT2D eigenvalue weighted by Gasteiger charge is -2.29. The van der Waals surface area contributed by atoms with Crippen molar-refractivity contribution in [3.8, 4) is 0 Å². The van der Waals surface area contributed by atoms with E-state index in [-0.39, 0.29) is 12.0 Å². The van der Waals surface area contributed by atoms with Crippen molar-refractivity contribution in [3.63, 3.8) is 0 Å². The zero-order valence-electron chi connectivity index (χ0n) is 9.86. The molecule has 0 aliphatic carbocycles. The highest BCUT2D eigenvalue weighted by molar-refractivity contribution is 7.99. The van der Waals surface area contributed by atoms with Gasteiger partial charge in [-0.15, -0.1) is 0 Å². The van der Waals surface area contributed by atoms with Crippen LogP contribution < -0.4 is 0 Å². The van der Waals surface area contributed by atoms with Gasteiger partial charge in [-0.2, -0.15) is 11.8 Å². The van der Waals surface area contributed by atoms with Gasteiger partial charge in [-0.3, -0.25) is 9.69 Å². The van der Waals surface area contributed by atoms with Crippen molar-refractivity contribution < 1.29 is 9.53 Å². The molecule has 0 spiro atoms. The van der Waals surface area contributed by atoms with Gasteiger partial charge in [-0.25, -0.2) is 0 Å². The van der Waals surface area contributed by atoms with Crippen molar-refractivity contribution in [2.75, 3.05) is 25.2 Å². The first kappa shape index (κ1) is 12.8. The summed E-state index contributed by atoms with van der Waals surface area (Å²) in [6.07, 6.45) is 1.75. The van der Waals surface area contributed by atoms with Crippen LogP contribution in [0.5, 0.6) is 0 Å². The Morgan fingerprint density at radius 3 is 2.93 bits per heavy atom. The third-order valence-corrected chi connectivity index (χ3v) is 4.09. The molecular formula is C11H21NO2S. The topological polar surface area (TPSA) is 29.5 Å². The van der Waals surface area contributed by atoms with Crippen molar-refractivity contribution in [2.24, 2.45) is 0 Å². The molecule has 1 heterocycles. The highest BCUT2D eigenvalue weighted by Gasteiger charge is 2.25. The van der Waals surface area contributed by atoms with E-state index in [1.54, 1.807) is 0 Å². The highest BCUT2D eigenvalue weighted by Crippen LogP contribution is 2.23. The summed E-state index contributed by atoms with van der Waals surface area (Å²) >= 11 is 2.00. The van der Waals surface area contributed by atoms with Gasteiger partial charge < -0.3 is 4.74 Å². The first-order chi connectivity index (χ1) is 7.15. The molecule has 15 heavy (non-hydrogen) atoms. The minimum atomic E-state index is -0.0810. The molecule has 1 rings (SSSR count). The molecule has 2 unspecified atom stereocenters. The number of ether oxygens (including phenoxy) is 1. The molecule has 0 aromatic heterocycles. The Labute approximate surface area is 96.5 Å². The molecule has 0 bridgehead atoms. The second kappa shape index (κ2) is 6.38. The third kappa shape index (κ3) is 4.03. The fourth-order valence-corrected chi connectivity index (χ4v) is 3.09. The predicted molar refractivity (Wildman–Crippen MR) is 64.2 cm³/mol. The summed E-state index contributed by atoms with van der Waals surface area (Å²) in [4.78, 5) is 13.6. The summed E-state index contributed by atoms with van der Waals surface area (Å²) in [6.45, 7) is 4.42. The van der Waals surface area contributed by atoms with Crippen molar-refractivity contribution in [3.05, 3.63) is 0 Å². The Morgan fingerprint density at radius 1 is 1.67 bits per heavy atom. The van der Waals surface area contributed by atoms with Crippen LogP contribution in [0.1, 0.15) is 26.7 Å². The lowest BCUT2D eigenvalue weighted by atomic mass is 10.1. The maximum Gasteiger partial charge on any atom is 0.307 e. The van der Waals surface area contributed by atoms with Crippen molar-refractivity contribution in [1.82, 2.24) is 4.90 Å². The van der Waals surface area contributed by atoms with E-state index in [9.17, 15) is 4.79 Å². The predicted octanol–water partition coefficient (Wildman–Crippen LogP) is 1.77. The lowest BCUT2D eigenvalue weighted by Crippen LogP contribution is -2.40. The van der Waals surface area contributed by atoms with Crippen LogP contribution >= 0.6 is 11.8 Å². The highest BCUT2D eigenvalue weighted by atomic mass is 32.2. The Morgan fingerprint density at radius 2 is 2.40 bits per heavy atom. The first-order valence-corrected chi connectivity index (χ1v) is 6.76. The summed E-state index contributed by atoms with van der Waals surface area (Å²) in [7, 11) is 2.11. The Kier molecular flexibility index (Phi) is 5.47. The van der Waals surface area contributed by atoms with Gasteiger partial charge in [-0.05, 0) is 33.1 Å². The maximum absolute atomic E-state index is 11.3. The second-order valence-electron chi connectivity index (χ2n) is 4.04. The van der Waals surface area contributed by atoms with Crippen LogP contribution in [-0.2, 0) is 9.53 Å². The van der Waals surface area contributed by atoms with Crippen LogP contribution in [0.3, 0.4) is 0 Å². The van der Waals surface area contributed by atoms with E-state index in [0.29, 0.717) is 19.1 Å². The van der Waals surface area contributed by atoms with Crippen molar-refractivity contribution in [1.29, 1.82) is 0 Å². The number of esters is 1. The lowest BCUT2D eigenvalue weighted by molar-refractivity contribution is -0.144. The minimum Gasteiger partial charge on any atom is -0.466 e. The van der Waals surface area contributed by atoms with E-state index in [4.69, 9.17) is 4.74 Å². The van der Waals surface area contributed by atoms with E-state index >= 15 is 0 Å². The fourth-order valence-electron chi connectivity index (χ4n) is 1.81. The molecule has 3 nitrogen and oxygen atoms in total. The van der Waals surface area contributed by atoms with E-state index < -0.39 is 0 Å². The second-order valence-corrected chi connectivity index (χ2v) is 5.19. The molecule has 1 saturated heterocycles. The molecule has 1 aliphatic rings. The fraction of sp³-hybridized carbons (Fsp3) is 0.909. The van der Waals surface area contributed by atoms with Gasteiger partial charge in [0.15, 0.2) is 0 Å². The molecule has 0 amide bonds. The molecule has 1 fully saturated rings. The maximum atomic E-state index is 11.3. The van der Waals surface area contributed by atoms with Crippen LogP contribution in [0.25, 0.3) is 0 Å². The average molecular weight is 231 g/mol. The molecule has 4 heteroatoms. The number of carbonyl (C=O) groups excluding carboxylic acids is 1. The zero-order chi connectivity index (χ0) is 11.3. The largest absolute Gasteiger partial charge is 0.466 e. The Bertz CT molecular complexity index is 205. The minimum absolute atomic E-state index is 0.0810. The van der Waals surface area contributed by atoms with Gasteiger partial charge in [0.2, 0.25) is 0 Å². The number of hydrogen-bond acceptors (Lipinski definition) is 4. The van der Waals surface area contributed by atoms with Crippen LogP contribution in [0.2, 0.25) is 0 Å². The van der Waals surface area contributed by atoms with Crippen molar-refractivity contribution >= 4 is 17.7 Å². The molecule has 88 valence electrons. The zero-order valence-corrected chi connectivity index (χ0v) is 10.7. The summed E-state index contributed by atoms with van der Waals surface area (Å²) in [5.41, 5.74) is 0. The van der Waals surface area contributed by atoms with Crippen LogP contribution in [0, 0.1) is 0 Å². The third-order valence-electron chi connectivity index (χ3n) is 2.94. The molecule has 0 N–H and O–H groups in total. The number of rotatable bonds is 5.